The molecule has 4 nitrogen and oxygen atoms in total. The maximum atomic E-state index is 13.4. The predicted molar refractivity (Wildman–Crippen MR) is 132 cm³/mol. The van der Waals surface area contributed by atoms with Gasteiger partial charge in [0, 0.05) is 25.2 Å². The van der Waals surface area contributed by atoms with Crippen LogP contribution in [0.25, 0.3) is 16.7 Å². The second-order valence-corrected chi connectivity index (χ2v) is 10.1. The van der Waals surface area contributed by atoms with Crippen molar-refractivity contribution in [2.24, 2.45) is 0 Å². The van der Waals surface area contributed by atoms with Gasteiger partial charge in [-0.2, -0.15) is 26.3 Å². The highest BCUT2D eigenvalue weighted by Gasteiger charge is 2.37. The fourth-order valence-electron chi connectivity index (χ4n) is 4.05. The largest absolute Gasteiger partial charge is 0.494 e. The topological polar surface area (TPSA) is 48.5 Å². The molecule has 4 rings (SSSR count). The second-order valence-electron chi connectivity index (χ2n) is 8.43. The van der Waals surface area contributed by atoms with E-state index in [1.165, 1.54) is 12.1 Å². The Hall–Kier alpha value is -2.67. The summed E-state index contributed by atoms with van der Waals surface area (Å²) in [5.74, 6) is -0.156. The molecule has 2 N–H and O–H groups in total. The highest BCUT2D eigenvalue weighted by Crippen LogP contribution is 2.40. The molecule has 1 aliphatic heterocycles. The number of H-pyrrole nitrogens is 1. The van der Waals surface area contributed by atoms with Gasteiger partial charge in [0.05, 0.1) is 29.2 Å². The van der Waals surface area contributed by atoms with Crippen LogP contribution in [0.2, 0.25) is 0 Å². The van der Waals surface area contributed by atoms with Crippen LogP contribution in [0, 0.1) is 3.95 Å². The lowest BCUT2D eigenvalue weighted by molar-refractivity contribution is -0.143. The summed E-state index contributed by atoms with van der Waals surface area (Å²) in [7, 11) is 0. The van der Waals surface area contributed by atoms with Crippen molar-refractivity contribution < 1.29 is 36.2 Å². The van der Waals surface area contributed by atoms with Gasteiger partial charge in [0.15, 0.2) is 3.95 Å². The molecule has 2 heterocycles. The number of aromatic nitrogens is 1. The number of hydrogen-bond acceptors (Lipinski definition) is 5. The molecule has 2 aromatic carbocycles. The van der Waals surface area contributed by atoms with Gasteiger partial charge in [0.25, 0.3) is 0 Å². The lowest BCUT2D eigenvalue weighted by Crippen LogP contribution is -2.36. The molecule has 1 aromatic heterocycles. The zero-order valence-electron chi connectivity index (χ0n) is 19.2. The number of halogens is 6. The van der Waals surface area contributed by atoms with Crippen LogP contribution in [0.4, 0.5) is 26.3 Å². The Bertz CT molecular complexity index is 1310. The van der Waals surface area contributed by atoms with Crippen LogP contribution in [0.15, 0.2) is 48.5 Å². The third-order valence-corrected chi connectivity index (χ3v) is 7.12. The van der Waals surface area contributed by atoms with E-state index in [1.807, 2.05) is 6.08 Å². The summed E-state index contributed by atoms with van der Waals surface area (Å²) < 4.78 is 86.0. The van der Waals surface area contributed by atoms with E-state index < -0.39 is 23.5 Å². The molecule has 1 saturated heterocycles. The fourth-order valence-corrected chi connectivity index (χ4v) is 5.19. The van der Waals surface area contributed by atoms with Crippen molar-refractivity contribution in [2.75, 3.05) is 32.8 Å². The molecule has 198 valence electrons. The lowest BCUT2D eigenvalue weighted by atomic mass is 9.95. The van der Waals surface area contributed by atoms with Crippen molar-refractivity contribution in [1.82, 2.24) is 9.88 Å². The van der Waals surface area contributed by atoms with Crippen LogP contribution in [0.5, 0.6) is 5.88 Å². The average Bonchev–Trinajstić information content (AvgIpc) is 3.18. The molecule has 0 aliphatic carbocycles. The molecule has 0 bridgehead atoms. The average molecular weight is 561 g/mol. The van der Waals surface area contributed by atoms with E-state index in [4.69, 9.17) is 17.0 Å². The lowest BCUT2D eigenvalue weighted by Gasteiger charge is -2.26. The molecule has 0 radical (unpaired) electrons. The number of nitrogens with zero attached hydrogens (tertiary/aromatic N) is 1. The molecule has 12 heteroatoms. The van der Waals surface area contributed by atoms with E-state index in [0.29, 0.717) is 58.3 Å². The van der Waals surface area contributed by atoms with Crippen molar-refractivity contribution in [3.8, 4) is 17.0 Å². The summed E-state index contributed by atoms with van der Waals surface area (Å²) in [5.41, 5.74) is -1.72. The summed E-state index contributed by atoms with van der Waals surface area (Å²) in [5, 5.41) is 10.4. The van der Waals surface area contributed by atoms with E-state index in [1.54, 1.807) is 12.1 Å². The Labute approximate surface area is 217 Å². The van der Waals surface area contributed by atoms with Crippen LogP contribution < -0.4 is 0 Å². The summed E-state index contributed by atoms with van der Waals surface area (Å²) in [6.07, 6.45) is -7.42. The molecule has 3 aromatic rings. The van der Waals surface area contributed by atoms with Gasteiger partial charge in [0.1, 0.15) is 0 Å². The number of ether oxygens (including phenoxy) is 1. The quantitative estimate of drug-likeness (QED) is 0.244. The van der Waals surface area contributed by atoms with Crippen molar-refractivity contribution in [3.63, 3.8) is 0 Å². The van der Waals surface area contributed by atoms with Gasteiger partial charge in [-0.15, -0.1) is 11.3 Å². The Kier molecular flexibility index (Phi) is 8.12. The third kappa shape index (κ3) is 6.81. The molecule has 1 aliphatic rings. The maximum absolute atomic E-state index is 13.4. The zero-order chi connectivity index (χ0) is 26.8. The number of alkyl halides is 6. The molecule has 0 spiro atoms. The first-order valence-electron chi connectivity index (χ1n) is 11.2. The molecule has 0 amide bonds. The van der Waals surface area contributed by atoms with Crippen molar-refractivity contribution >= 4 is 29.1 Å². The van der Waals surface area contributed by atoms with Gasteiger partial charge in [0.2, 0.25) is 5.88 Å². The monoisotopic (exact) mass is 560 g/mol. The first-order chi connectivity index (χ1) is 17.4. The minimum absolute atomic E-state index is 0.106. The number of benzene rings is 2. The highest BCUT2D eigenvalue weighted by atomic mass is 32.1. The number of thiazole rings is 1. The fraction of sp³-hybridized carbons (Fsp3) is 0.320. The molecule has 0 saturated carbocycles. The number of morpholine rings is 1. The maximum Gasteiger partial charge on any atom is 0.416 e. The number of nitrogens with one attached hydrogen (secondary N) is 1. The van der Waals surface area contributed by atoms with Crippen LogP contribution in [-0.4, -0.2) is 47.8 Å². The van der Waals surface area contributed by atoms with Crippen LogP contribution in [-0.2, 0) is 17.1 Å². The Balaban J connectivity index is 1.75. The molecule has 37 heavy (non-hydrogen) atoms. The number of rotatable bonds is 6. The van der Waals surface area contributed by atoms with Crippen molar-refractivity contribution in [1.29, 1.82) is 0 Å². The first-order valence-corrected chi connectivity index (χ1v) is 12.5. The van der Waals surface area contributed by atoms with Crippen LogP contribution in [0.1, 0.15) is 28.0 Å². The summed E-state index contributed by atoms with van der Waals surface area (Å²) in [4.78, 5) is 5.31. The second kappa shape index (κ2) is 11.0. The minimum atomic E-state index is -4.95. The molecular weight excluding hydrogens is 538 g/mol. The van der Waals surface area contributed by atoms with Crippen molar-refractivity contribution in [3.05, 3.63) is 74.1 Å². The van der Waals surface area contributed by atoms with E-state index in [-0.39, 0.29) is 23.1 Å². The normalized spacial score (nSPS) is 15.8. The van der Waals surface area contributed by atoms with Gasteiger partial charge in [-0.3, -0.25) is 4.90 Å². The minimum Gasteiger partial charge on any atom is -0.494 e. The number of hydrogen-bond donors (Lipinski definition) is 2. The van der Waals surface area contributed by atoms with Crippen LogP contribution >= 0.6 is 23.6 Å². The standard InChI is InChI=1S/C25H22F6N2O2S2/c26-24(27,28)18-12-17(13-19(14-18)25(29,30)31)15-3-1-4-16(11-15)20(21-22(34)32-23(36)37-21)5-2-6-33-7-9-35-10-8-33/h1,3-5,11-14,34H,2,6-10H2,(H,32,36). The molecule has 1 fully saturated rings. The zero-order valence-corrected chi connectivity index (χ0v) is 20.9. The summed E-state index contributed by atoms with van der Waals surface area (Å²) >= 11 is 6.27. The molecule has 0 atom stereocenters. The Morgan fingerprint density at radius 2 is 1.65 bits per heavy atom. The Morgan fingerprint density at radius 1 is 1.00 bits per heavy atom. The van der Waals surface area contributed by atoms with Gasteiger partial charge in [-0.25, -0.2) is 0 Å². The SMILES string of the molecule is Oc1[nH]c(=S)sc1C(=CCCN1CCOCC1)c1cccc(-c2cc(C(F)(F)F)cc(C(F)(F)F)c2)c1. The predicted octanol–water partition coefficient (Wildman–Crippen LogP) is 7.37. The first kappa shape index (κ1) is 27.4. The van der Waals surface area contributed by atoms with E-state index >= 15 is 0 Å². The molecule has 0 unspecified atom stereocenters. The summed E-state index contributed by atoms with van der Waals surface area (Å²) in [6, 6.07) is 7.71. The van der Waals surface area contributed by atoms with Crippen LogP contribution in [0.3, 0.4) is 0 Å². The van der Waals surface area contributed by atoms with E-state index in [2.05, 4.69) is 9.88 Å². The van der Waals surface area contributed by atoms with E-state index in [9.17, 15) is 31.4 Å². The number of aromatic hydroxyl groups is 1. The van der Waals surface area contributed by atoms with Crippen molar-refractivity contribution in [2.45, 2.75) is 18.8 Å². The Morgan fingerprint density at radius 3 is 2.22 bits per heavy atom. The van der Waals surface area contributed by atoms with Gasteiger partial charge >= 0.3 is 12.4 Å². The van der Waals surface area contributed by atoms with Gasteiger partial charge < -0.3 is 14.8 Å². The highest BCUT2D eigenvalue weighted by molar-refractivity contribution is 7.73. The number of aromatic amines is 1. The van der Waals surface area contributed by atoms with E-state index in [0.717, 1.165) is 24.4 Å². The summed E-state index contributed by atoms with van der Waals surface area (Å²) in [6.45, 7) is 3.55. The third-order valence-electron chi connectivity index (χ3n) is 5.87. The smallest absolute Gasteiger partial charge is 0.416 e. The molecular formula is C25H22F6N2O2S2. The van der Waals surface area contributed by atoms with Gasteiger partial charge in [-0.05, 0) is 59.6 Å². The van der Waals surface area contributed by atoms with Gasteiger partial charge in [-0.1, -0.05) is 24.3 Å².